The fourth-order valence-corrected chi connectivity index (χ4v) is 0.664. The van der Waals surface area contributed by atoms with Crippen LogP contribution in [0.4, 0.5) is 0 Å². The minimum atomic E-state index is 0.794. The molecule has 0 aliphatic carbocycles. The third-order valence-electron chi connectivity index (χ3n) is 1.28. The zero-order chi connectivity index (χ0) is 7.82. The summed E-state index contributed by atoms with van der Waals surface area (Å²) >= 11 is 0. The molecule has 10 heavy (non-hydrogen) atoms. The van der Waals surface area contributed by atoms with Crippen LogP contribution in [0.3, 0.4) is 0 Å². The minimum absolute atomic E-state index is 0.794. The fourth-order valence-electron chi connectivity index (χ4n) is 0.664. The van der Waals surface area contributed by atoms with Gasteiger partial charge in [0.05, 0.1) is 0 Å². The van der Waals surface area contributed by atoms with E-state index in [0.29, 0.717) is 0 Å². The summed E-state index contributed by atoms with van der Waals surface area (Å²) in [5, 5.41) is 0. The van der Waals surface area contributed by atoms with E-state index in [1.165, 1.54) is 18.9 Å². The summed E-state index contributed by atoms with van der Waals surface area (Å²) < 4.78 is 0. The molecule has 0 atom stereocenters. The van der Waals surface area contributed by atoms with E-state index in [1.807, 2.05) is 11.9 Å². The summed E-state index contributed by atoms with van der Waals surface area (Å²) in [7, 11) is 1.97. The Morgan fingerprint density at radius 2 is 2.20 bits per heavy atom. The second kappa shape index (κ2) is 6.33. The van der Waals surface area contributed by atoms with Crippen LogP contribution in [0, 0.1) is 0 Å². The van der Waals surface area contributed by atoms with Gasteiger partial charge in [0.25, 0.3) is 0 Å². The number of hydrogen-bond donors (Lipinski definition) is 0. The smallest absolute Gasteiger partial charge is 0.144 e. The zero-order valence-corrected chi connectivity index (χ0v) is 6.71. The quantitative estimate of drug-likeness (QED) is 0.426. The summed E-state index contributed by atoms with van der Waals surface area (Å²) in [6.07, 6.45) is 6.47. The molecule has 0 heterocycles. The first-order valence-corrected chi connectivity index (χ1v) is 3.63. The lowest BCUT2D eigenvalue weighted by molar-refractivity contribution is -0.104. The van der Waals surface area contributed by atoms with Gasteiger partial charge in [0.15, 0.2) is 0 Å². The number of nitrogens with zero attached hydrogens (tertiary/aromatic N) is 1. The molecule has 0 spiro atoms. The number of rotatable bonds is 5. The first-order valence-electron chi connectivity index (χ1n) is 3.63. The van der Waals surface area contributed by atoms with Crippen LogP contribution in [-0.4, -0.2) is 24.8 Å². The first kappa shape index (κ1) is 9.21. The summed E-state index contributed by atoms with van der Waals surface area (Å²) in [6, 6.07) is 0. The molecule has 0 N–H and O–H groups in total. The average molecular weight is 141 g/mol. The molecular formula is C8H15NO. The number of unbranched alkanes of at least 4 members (excludes halogenated alkanes) is 1. The normalized spacial score (nSPS) is 10.2. The maximum Gasteiger partial charge on any atom is 0.144 e. The van der Waals surface area contributed by atoms with Gasteiger partial charge in [-0.15, -0.1) is 0 Å². The van der Waals surface area contributed by atoms with Gasteiger partial charge in [-0.2, -0.15) is 0 Å². The van der Waals surface area contributed by atoms with Gasteiger partial charge in [-0.25, -0.2) is 0 Å². The Labute approximate surface area is 62.5 Å². The molecule has 0 fully saturated rings. The Balaban J connectivity index is 3.32. The predicted molar refractivity (Wildman–Crippen MR) is 42.7 cm³/mol. The van der Waals surface area contributed by atoms with Crippen LogP contribution in [0.2, 0.25) is 0 Å². The standard InChI is InChI=1S/C8H15NO/c1-3-4-6-9(2)7-5-8-10/h5,7-8H,3-4,6H2,1-2H3/b7-5+. The topological polar surface area (TPSA) is 20.3 Å². The van der Waals surface area contributed by atoms with E-state index in [-0.39, 0.29) is 0 Å². The lowest BCUT2D eigenvalue weighted by Crippen LogP contribution is -2.11. The number of carbonyl (C=O) groups excluding carboxylic acids is 1. The van der Waals surface area contributed by atoms with Crippen LogP contribution in [0.25, 0.3) is 0 Å². The van der Waals surface area contributed by atoms with Crippen LogP contribution in [0.5, 0.6) is 0 Å². The molecule has 0 aromatic carbocycles. The summed E-state index contributed by atoms with van der Waals surface area (Å²) in [4.78, 5) is 11.9. The average Bonchev–Trinajstić information content (AvgIpc) is 1.97. The van der Waals surface area contributed by atoms with E-state index in [1.54, 1.807) is 6.20 Å². The Hall–Kier alpha value is -0.790. The van der Waals surface area contributed by atoms with E-state index in [2.05, 4.69) is 6.92 Å². The van der Waals surface area contributed by atoms with Crippen molar-refractivity contribution in [1.29, 1.82) is 0 Å². The van der Waals surface area contributed by atoms with Crippen molar-refractivity contribution < 1.29 is 4.79 Å². The van der Waals surface area contributed by atoms with Crippen LogP contribution < -0.4 is 0 Å². The molecule has 0 radical (unpaired) electrons. The number of hydrogen-bond acceptors (Lipinski definition) is 2. The van der Waals surface area contributed by atoms with Crippen molar-refractivity contribution in [2.75, 3.05) is 13.6 Å². The third kappa shape index (κ3) is 5.35. The molecule has 0 aliphatic heterocycles. The largest absolute Gasteiger partial charge is 0.380 e. The SMILES string of the molecule is CCCCN(C)/C=C/C=O. The maximum atomic E-state index is 9.87. The van der Waals surface area contributed by atoms with E-state index >= 15 is 0 Å². The molecule has 0 aromatic rings. The van der Waals surface area contributed by atoms with Crippen molar-refractivity contribution in [2.24, 2.45) is 0 Å². The molecule has 0 bridgehead atoms. The summed E-state index contributed by atoms with van der Waals surface area (Å²) in [5.41, 5.74) is 0. The highest BCUT2D eigenvalue weighted by atomic mass is 16.1. The minimum Gasteiger partial charge on any atom is -0.380 e. The maximum absolute atomic E-state index is 9.87. The van der Waals surface area contributed by atoms with E-state index in [0.717, 1.165) is 12.8 Å². The Morgan fingerprint density at radius 1 is 1.50 bits per heavy atom. The molecule has 2 nitrogen and oxygen atoms in total. The molecule has 0 saturated heterocycles. The van der Waals surface area contributed by atoms with Gasteiger partial charge < -0.3 is 4.90 Å². The van der Waals surface area contributed by atoms with Crippen molar-refractivity contribution in [3.63, 3.8) is 0 Å². The highest BCUT2D eigenvalue weighted by Gasteiger charge is 1.86. The fraction of sp³-hybridized carbons (Fsp3) is 0.625. The summed E-state index contributed by atoms with van der Waals surface area (Å²) in [5.74, 6) is 0. The van der Waals surface area contributed by atoms with Gasteiger partial charge in [-0.1, -0.05) is 13.3 Å². The van der Waals surface area contributed by atoms with Gasteiger partial charge in [0, 0.05) is 19.8 Å². The van der Waals surface area contributed by atoms with Crippen LogP contribution in [0.1, 0.15) is 19.8 Å². The van der Waals surface area contributed by atoms with Gasteiger partial charge in [0.2, 0.25) is 0 Å². The van der Waals surface area contributed by atoms with Gasteiger partial charge >= 0.3 is 0 Å². The Morgan fingerprint density at radius 3 is 2.70 bits per heavy atom. The van der Waals surface area contributed by atoms with E-state index < -0.39 is 0 Å². The molecule has 0 aromatic heterocycles. The highest BCUT2D eigenvalue weighted by Crippen LogP contribution is 1.90. The molecular weight excluding hydrogens is 126 g/mol. The Bertz CT molecular complexity index is 110. The first-order chi connectivity index (χ1) is 4.81. The van der Waals surface area contributed by atoms with Crippen molar-refractivity contribution in [3.05, 3.63) is 12.3 Å². The van der Waals surface area contributed by atoms with Crippen molar-refractivity contribution in [1.82, 2.24) is 4.90 Å². The molecule has 0 saturated carbocycles. The molecule has 0 aliphatic rings. The molecule has 2 heteroatoms. The van der Waals surface area contributed by atoms with Crippen molar-refractivity contribution in [2.45, 2.75) is 19.8 Å². The number of allylic oxidation sites excluding steroid dienone is 1. The van der Waals surface area contributed by atoms with Gasteiger partial charge in [-0.3, -0.25) is 4.79 Å². The van der Waals surface area contributed by atoms with Crippen LogP contribution in [0.15, 0.2) is 12.3 Å². The number of aldehydes is 1. The summed E-state index contributed by atoms with van der Waals surface area (Å²) in [6.45, 7) is 3.18. The highest BCUT2D eigenvalue weighted by molar-refractivity contribution is 5.64. The Kier molecular flexibility index (Phi) is 5.83. The lowest BCUT2D eigenvalue weighted by Gasteiger charge is -2.11. The molecule has 0 amide bonds. The molecule has 0 rings (SSSR count). The second-order valence-electron chi connectivity index (χ2n) is 2.31. The van der Waals surface area contributed by atoms with Crippen LogP contribution >= 0.6 is 0 Å². The van der Waals surface area contributed by atoms with E-state index in [4.69, 9.17) is 0 Å². The van der Waals surface area contributed by atoms with Crippen molar-refractivity contribution in [3.8, 4) is 0 Å². The number of carbonyl (C=O) groups is 1. The second-order valence-corrected chi connectivity index (χ2v) is 2.31. The van der Waals surface area contributed by atoms with E-state index in [9.17, 15) is 4.79 Å². The molecule has 58 valence electrons. The molecule has 0 unspecified atom stereocenters. The zero-order valence-electron chi connectivity index (χ0n) is 6.71. The lowest BCUT2D eigenvalue weighted by atomic mass is 10.3. The van der Waals surface area contributed by atoms with Gasteiger partial charge in [0.1, 0.15) is 6.29 Å². The van der Waals surface area contributed by atoms with Gasteiger partial charge in [-0.05, 0) is 12.5 Å². The third-order valence-corrected chi connectivity index (χ3v) is 1.28. The van der Waals surface area contributed by atoms with Crippen LogP contribution in [-0.2, 0) is 4.79 Å². The van der Waals surface area contributed by atoms with Crippen molar-refractivity contribution >= 4 is 6.29 Å². The monoisotopic (exact) mass is 141 g/mol. The predicted octanol–water partition coefficient (Wildman–Crippen LogP) is 1.43.